The van der Waals surface area contributed by atoms with Crippen LogP contribution in [0.3, 0.4) is 0 Å². The summed E-state index contributed by atoms with van der Waals surface area (Å²) in [6.07, 6.45) is 0. The average Bonchev–Trinajstić information content (AvgIpc) is 3.04. The molecule has 3 aromatic rings. The predicted molar refractivity (Wildman–Crippen MR) is 85.2 cm³/mol. The second-order valence-electron chi connectivity index (χ2n) is 5.21. The second kappa shape index (κ2) is 5.61. The van der Waals surface area contributed by atoms with Crippen LogP contribution < -0.4 is 0 Å². The highest BCUT2D eigenvalue weighted by atomic mass is 79.9. The molecule has 3 rings (SSSR count). The van der Waals surface area contributed by atoms with Crippen LogP contribution in [0, 0.1) is 12.7 Å². The number of furan rings is 1. The van der Waals surface area contributed by atoms with Crippen LogP contribution in [-0.4, -0.2) is 22.8 Å². The number of halogens is 2. The molecule has 0 aliphatic heterocycles. The van der Waals surface area contributed by atoms with Gasteiger partial charge < -0.3 is 14.3 Å². The summed E-state index contributed by atoms with van der Waals surface area (Å²) >= 11 is 3.24. The fourth-order valence-electron chi connectivity index (χ4n) is 2.36. The van der Waals surface area contributed by atoms with Gasteiger partial charge in [-0.05, 0) is 37.3 Å². The van der Waals surface area contributed by atoms with Gasteiger partial charge in [0.1, 0.15) is 23.0 Å². The number of H-pyrrole nitrogens is 1. The van der Waals surface area contributed by atoms with Crippen LogP contribution in [0.25, 0.3) is 10.9 Å². The number of amides is 1. The van der Waals surface area contributed by atoms with Crippen molar-refractivity contribution in [2.45, 2.75) is 13.5 Å². The van der Waals surface area contributed by atoms with E-state index in [-0.39, 0.29) is 11.7 Å². The molecule has 0 atom stereocenters. The molecule has 0 spiro atoms. The van der Waals surface area contributed by atoms with Crippen LogP contribution >= 0.6 is 15.9 Å². The Morgan fingerprint density at radius 1 is 1.36 bits per heavy atom. The number of nitrogens with zero attached hydrogens (tertiary/aromatic N) is 1. The van der Waals surface area contributed by atoms with Crippen molar-refractivity contribution in [1.29, 1.82) is 0 Å². The zero-order chi connectivity index (χ0) is 15.9. The van der Waals surface area contributed by atoms with E-state index in [1.165, 1.54) is 17.0 Å². The van der Waals surface area contributed by atoms with Crippen molar-refractivity contribution in [1.82, 2.24) is 9.88 Å². The molecular weight excluding hydrogens is 351 g/mol. The lowest BCUT2D eigenvalue weighted by Crippen LogP contribution is -2.26. The molecule has 0 aliphatic carbocycles. The summed E-state index contributed by atoms with van der Waals surface area (Å²) in [4.78, 5) is 16.9. The Bertz CT molecular complexity index is 853. The summed E-state index contributed by atoms with van der Waals surface area (Å²) in [7, 11) is 1.68. The average molecular weight is 365 g/mol. The number of aromatic nitrogens is 1. The number of aromatic amines is 1. The molecule has 1 amide bonds. The van der Waals surface area contributed by atoms with E-state index in [9.17, 15) is 9.18 Å². The number of carbonyl (C=O) groups is 1. The lowest BCUT2D eigenvalue weighted by Gasteiger charge is -2.14. The van der Waals surface area contributed by atoms with Gasteiger partial charge in [-0.3, -0.25) is 4.79 Å². The molecule has 0 aliphatic rings. The lowest BCUT2D eigenvalue weighted by molar-refractivity contribution is 0.0770. The number of rotatable bonds is 3. The van der Waals surface area contributed by atoms with Gasteiger partial charge in [0.05, 0.1) is 12.1 Å². The van der Waals surface area contributed by atoms with Gasteiger partial charge in [-0.1, -0.05) is 15.9 Å². The van der Waals surface area contributed by atoms with Crippen molar-refractivity contribution in [3.8, 4) is 0 Å². The van der Waals surface area contributed by atoms with Crippen LogP contribution in [-0.2, 0) is 6.54 Å². The highest BCUT2D eigenvalue weighted by molar-refractivity contribution is 9.10. The standard InChI is InChI=1S/C16H14BrFN2O2/c1-9-3-4-11(22-9)8-20(2)16(21)15-7-12-13(18)5-10(17)6-14(12)19-15/h3-7,19H,8H2,1-2H3. The van der Waals surface area contributed by atoms with Crippen molar-refractivity contribution >= 4 is 32.7 Å². The molecule has 2 heterocycles. The van der Waals surface area contributed by atoms with Crippen LogP contribution in [0.2, 0.25) is 0 Å². The van der Waals surface area contributed by atoms with Gasteiger partial charge in [-0.2, -0.15) is 0 Å². The van der Waals surface area contributed by atoms with Crippen molar-refractivity contribution in [3.63, 3.8) is 0 Å². The Morgan fingerprint density at radius 2 is 2.14 bits per heavy atom. The van der Waals surface area contributed by atoms with Crippen LogP contribution in [0.5, 0.6) is 0 Å². The van der Waals surface area contributed by atoms with E-state index < -0.39 is 0 Å². The minimum Gasteiger partial charge on any atom is -0.464 e. The summed E-state index contributed by atoms with van der Waals surface area (Å²) in [6.45, 7) is 2.21. The highest BCUT2D eigenvalue weighted by Gasteiger charge is 2.17. The Hall–Kier alpha value is -2.08. The van der Waals surface area contributed by atoms with Gasteiger partial charge in [-0.25, -0.2) is 4.39 Å². The molecule has 0 unspecified atom stereocenters. The van der Waals surface area contributed by atoms with Gasteiger partial charge in [0.2, 0.25) is 0 Å². The molecule has 4 nitrogen and oxygen atoms in total. The Kier molecular flexibility index (Phi) is 3.78. The Labute approximate surface area is 135 Å². The number of aryl methyl sites for hydroxylation is 1. The molecule has 0 fully saturated rings. The summed E-state index contributed by atoms with van der Waals surface area (Å²) in [6, 6.07) is 8.33. The molecular formula is C16H14BrFN2O2. The van der Waals surface area contributed by atoms with Crippen molar-refractivity contribution in [2.24, 2.45) is 0 Å². The third-order valence-corrected chi connectivity index (χ3v) is 3.88. The summed E-state index contributed by atoms with van der Waals surface area (Å²) in [5, 5.41) is 0.397. The van der Waals surface area contributed by atoms with Gasteiger partial charge in [0, 0.05) is 16.9 Å². The normalized spacial score (nSPS) is 11.1. The molecule has 1 N–H and O–H groups in total. The van der Waals surface area contributed by atoms with E-state index in [1.807, 2.05) is 19.1 Å². The first-order valence-electron chi connectivity index (χ1n) is 6.72. The monoisotopic (exact) mass is 364 g/mol. The van der Waals surface area contributed by atoms with E-state index in [1.54, 1.807) is 13.1 Å². The van der Waals surface area contributed by atoms with Gasteiger partial charge in [0.15, 0.2) is 0 Å². The Balaban J connectivity index is 1.86. The third kappa shape index (κ3) is 2.78. The fourth-order valence-corrected chi connectivity index (χ4v) is 2.79. The summed E-state index contributed by atoms with van der Waals surface area (Å²) in [5.74, 6) is 0.913. The lowest BCUT2D eigenvalue weighted by atomic mass is 10.2. The topological polar surface area (TPSA) is 49.2 Å². The molecule has 1 aromatic carbocycles. The van der Waals surface area contributed by atoms with E-state index in [4.69, 9.17) is 4.42 Å². The number of fused-ring (bicyclic) bond motifs is 1. The fraction of sp³-hybridized carbons (Fsp3) is 0.188. The molecule has 0 saturated heterocycles. The van der Waals surface area contributed by atoms with Crippen LogP contribution in [0.15, 0.2) is 39.2 Å². The van der Waals surface area contributed by atoms with E-state index >= 15 is 0 Å². The number of hydrogen-bond acceptors (Lipinski definition) is 2. The zero-order valence-corrected chi connectivity index (χ0v) is 13.7. The maximum atomic E-state index is 13.9. The minimum absolute atomic E-state index is 0.222. The van der Waals surface area contributed by atoms with Gasteiger partial charge in [-0.15, -0.1) is 0 Å². The third-order valence-electron chi connectivity index (χ3n) is 3.42. The summed E-state index contributed by atoms with van der Waals surface area (Å²) in [5.41, 5.74) is 0.926. The molecule has 0 bridgehead atoms. The van der Waals surface area contributed by atoms with Crippen molar-refractivity contribution < 1.29 is 13.6 Å². The van der Waals surface area contributed by atoms with Gasteiger partial charge in [0.25, 0.3) is 5.91 Å². The number of nitrogens with one attached hydrogen (secondary N) is 1. The van der Waals surface area contributed by atoms with Crippen LogP contribution in [0.1, 0.15) is 22.0 Å². The molecule has 114 valence electrons. The maximum absolute atomic E-state index is 13.9. The first kappa shape index (κ1) is 14.8. The van der Waals surface area contributed by atoms with Crippen molar-refractivity contribution in [3.05, 3.63) is 57.8 Å². The molecule has 22 heavy (non-hydrogen) atoms. The first-order chi connectivity index (χ1) is 10.4. The SMILES string of the molecule is Cc1ccc(CN(C)C(=O)c2cc3c(F)cc(Br)cc3[nH]2)o1. The number of hydrogen-bond donors (Lipinski definition) is 1. The number of benzene rings is 1. The van der Waals surface area contributed by atoms with Crippen molar-refractivity contribution in [2.75, 3.05) is 7.05 Å². The Morgan fingerprint density at radius 3 is 2.82 bits per heavy atom. The van der Waals surface area contributed by atoms with Gasteiger partial charge >= 0.3 is 0 Å². The van der Waals surface area contributed by atoms with E-state index in [0.717, 1.165) is 5.76 Å². The van der Waals surface area contributed by atoms with E-state index in [2.05, 4.69) is 20.9 Å². The minimum atomic E-state index is -0.371. The zero-order valence-electron chi connectivity index (χ0n) is 12.1. The number of carbonyl (C=O) groups excluding carboxylic acids is 1. The van der Waals surface area contributed by atoms with E-state index in [0.29, 0.717) is 33.4 Å². The smallest absolute Gasteiger partial charge is 0.270 e. The quantitative estimate of drug-likeness (QED) is 0.755. The molecule has 2 aromatic heterocycles. The summed E-state index contributed by atoms with van der Waals surface area (Å²) < 4.78 is 20.0. The maximum Gasteiger partial charge on any atom is 0.270 e. The first-order valence-corrected chi connectivity index (χ1v) is 7.52. The molecule has 0 radical (unpaired) electrons. The molecule has 0 saturated carbocycles. The highest BCUT2D eigenvalue weighted by Crippen LogP contribution is 2.24. The van der Waals surface area contributed by atoms with Crippen LogP contribution in [0.4, 0.5) is 4.39 Å². The molecule has 6 heteroatoms. The largest absolute Gasteiger partial charge is 0.464 e. The predicted octanol–water partition coefficient (Wildman–Crippen LogP) is 4.24. The second-order valence-corrected chi connectivity index (χ2v) is 6.12.